The van der Waals surface area contributed by atoms with Gasteiger partial charge >= 0.3 is 5.69 Å². The summed E-state index contributed by atoms with van der Waals surface area (Å²) in [6.45, 7) is 0.273. The largest absolute Gasteiger partial charge is 0.497 e. The first-order chi connectivity index (χ1) is 12.9. The van der Waals surface area contributed by atoms with Crippen LogP contribution >= 0.6 is 0 Å². The maximum absolute atomic E-state index is 12.5. The van der Waals surface area contributed by atoms with Crippen molar-refractivity contribution in [2.75, 3.05) is 7.11 Å². The Labute approximate surface area is 154 Å². The lowest BCUT2D eigenvalue weighted by atomic mass is 10.1. The van der Waals surface area contributed by atoms with Crippen molar-refractivity contribution in [2.45, 2.75) is 11.4 Å². The number of hydrogen-bond donors (Lipinski definition) is 2. The fourth-order valence-corrected chi connectivity index (χ4v) is 3.59. The summed E-state index contributed by atoms with van der Waals surface area (Å²) in [4.78, 5) is 19.7. The summed E-state index contributed by atoms with van der Waals surface area (Å²) in [5.41, 5.74) is 2.55. The number of nitrogens with one attached hydrogen (secondary N) is 1. The predicted molar refractivity (Wildman–Crippen MR) is 101 cm³/mol. The summed E-state index contributed by atoms with van der Waals surface area (Å²) >= 11 is 0. The number of ether oxygens (including phenoxy) is 1. The Hall–Kier alpha value is -3.17. The van der Waals surface area contributed by atoms with Gasteiger partial charge in [-0.15, -0.1) is 0 Å². The van der Waals surface area contributed by atoms with E-state index in [1.165, 1.54) is 12.1 Å². The van der Waals surface area contributed by atoms with Crippen molar-refractivity contribution in [2.24, 2.45) is 5.14 Å². The SMILES string of the molecule is COc1ccc2c(c1)ncc1[nH]c(=O)n(Cc3ccc(S(N)(=O)=O)cc3)c12. The molecule has 0 unspecified atom stereocenters. The molecule has 27 heavy (non-hydrogen) atoms. The molecule has 0 spiro atoms. The van der Waals surface area contributed by atoms with Crippen molar-refractivity contribution < 1.29 is 13.2 Å². The third-order valence-corrected chi connectivity index (χ3v) is 5.33. The Bertz CT molecular complexity index is 1320. The van der Waals surface area contributed by atoms with Crippen molar-refractivity contribution in [3.8, 4) is 5.75 Å². The summed E-state index contributed by atoms with van der Waals surface area (Å²) in [6.07, 6.45) is 1.61. The molecule has 0 atom stereocenters. The van der Waals surface area contributed by atoms with Gasteiger partial charge in [0, 0.05) is 11.5 Å². The maximum Gasteiger partial charge on any atom is 0.326 e. The second kappa shape index (κ2) is 6.22. The molecular weight excluding hydrogens is 368 g/mol. The van der Waals surface area contributed by atoms with Crippen LogP contribution in [0.2, 0.25) is 0 Å². The molecule has 8 nitrogen and oxygen atoms in total. The van der Waals surface area contributed by atoms with Gasteiger partial charge in [0.25, 0.3) is 0 Å². The summed E-state index contributed by atoms with van der Waals surface area (Å²) in [5.74, 6) is 0.678. The van der Waals surface area contributed by atoms with E-state index in [0.717, 1.165) is 16.5 Å². The lowest BCUT2D eigenvalue weighted by molar-refractivity contribution is 0.415. The van der Waals surface area contributed by atoms with Crippen LogP contribution in [0.25, 0.3) is 21.9 Å². The van der Waals surface area contributed by atoms with Gasteiger partial charge in [-0.25, -0.2) is 18.4 Å². The molecule has 4 aromatic rings. The number of H-pyrrole nitrogens is 1. The molecule has 0 aliphatic carbocycles. The molecular formula is C18H16N4O4S. The molecule has 0 saturated carbocycles. The second-order valence-electron chi connectivity index (χ2n) is 6.11. The first kappa shape index (κ1) is 17.3. The summed E-state index contributed by atoms with van der Waals surface area (Å²) in [7, 11) is -2.17. The number of fused-ring (bicyclic) bond motifs is 3. The van der Waals surface area contributed by atoms with Crippen LogP contribution in [-0.4, -0.2) is 30.1 Å². The highest BCUT2D eigenvalue weighted by Crippen LogP contribution is 2.25. The van der Waals surface area contributed by atoms with E-state index in [1.807, 2.05) is 12.1 Å². The smallest absolute Gasteiger partial charge is 0.326 e. The molecule has 0 amide bonds. The highest BCUT2D eigenvalue weighted by molar-refractivity contribution is 7.89. The van der Waals surface area contributed by atoms with Gasteiger partial charge in [-0.2, -0.15) is 0 Å². The van der Waals surface area contributed by atoms with Crippen LogP contribution in [0.1, 0.15) is 5.56 Å². The minimum atomic E-state index is -3.75. The molecule has 0 radical (unpaired) electrons. The van der Waals surface area contributed by atoms with E-state index in [2.05, 4.69) is 9.97 Å². The van der Waals surface area contributed by atoms with Gasteiger partial charge in [0.1, 0.15) is 5.75 Å². The average Bonchev–Trinajstić information content (AvgIpc) is 2.96. The van der Waals surface area contributed by atoms with E-state index in [4.69, 9.17) is 9.88 Å². The van der Waals surface area contributed by atoms with Crippen LogP contribution in [0.5, 0.6) is 5.75 Å². The maximum atomic E-state index is 12.5. The molecule has 2 heterocycles. The fourth-order valence-electron chi connectivity index (χ4n) is 3.07. The molecule has 2 aromatic heterocycles. The average molecular weight is 384 g/mol. The van der Waals surface area contributed by atoms with Gasteiger partial charge in [0.15, 0.2) is 0 Å². The van der Waals surface area contributed by atoms with Crippen LogP contribution in [-0.2, 0) is 16.6 Å². The van der Waals surface area contributed by atoms with Crippen LogP contribution in [0.4, 0.5) is 0 Å². The van der Waals surface area contributed by atoms with E-state index in [-0.39, 0.29) is 17.1 Å². The van der Waals surface area contributed by atoms with Crippen LogP contribution < -0.4 is 15.6 Å². The summed E-state index contributed by atoms with van der Waals surface area (Å²) in [6, 6.07) is 11.6. The molecule has 9 heteroatoms. The van der Waals surface area contributed by atoms with Crippen LogP contribution in [0.15, 0.2) is 58.4 Å². The molecule has 0 aliphatic rings. The Balaban J connectivity index is 1.85. The fraction of sp³-hybridized carbons (Fsp3) is 0.111. The lowest BCUT2D eigenvalue weighted by Gasteiger charge is -2.08. The third kappa shape index (κ3) is 3.07. The van der Waals surface area contributed by atoms with E-state index >= 15 is 0 Å². The predicted octanol–water partition coefficient (Wildman–Crippen LogP) is 1.58. The Morgan fingerprint density at radius 1 is 1.19 bits per heavy atom. The molecule has 4 rings (SSSR count). The van der Waals surface area contributed by atoms with E-state index in [1.54, 1.807) is 36.1 Å². The van der Waals surface area contributed by atoms with Crippen LogP contribution in [0.3, 0.4) is 0 Å². The number of nitrogens with zero attached hydrogens (tertiary/aromatic N) is 2. The van der Waals surface area contributed by atoms with Gasteiger partial charge in [-0.05, 0) is 29.8 Å². The first-order valence-electron chi connectivity index (χ1n) is 8.04. The summed E-state index contributed by atoms with van der Waals surface area (Å²) in [5, 5.41) is 5.93. The number of aromatic nitrogens is 3. The first-order valence-corrected chi connectivity index (χ1v) is 9.58. The number of primary sulfonamides is 1. The highest BCUT2D eigenvalue weighted by Gasteiger charge is 2.13. The Morgan fingerprint density at radius 3 is 2.59 bits per heavy atom. The number of imidazole rings is 1. The Morgan fingerprint density at radius 2 is 1.93 bits per heavy atom. The molecule has 3 N–H and O–H groups in total. The molecule has 2 aromatic carbocycles. The molecule has 138 valence electrons. The lowest BCUT2D eigenvalue weighted by Crippen LogP contribution is -2.17. The van der Waals surface area contributed by atoms with Crippen molar-refractivity contribution in [3.63, 3.8) is 0 Å². The zero-order chi connectivity index (χ0) is 19.2. The number of pyridine rings is 1. The second-order valence-corrected chi connectivity index (χ2v) is 7.67. The quantitative estimate of drug-likeness (QED) is 0.553. The van der Waals surface area contributed by atoms with Crippen molar-refractivity contribution >= 4 is 32.0 Å². The van der Waals surface area contributed by atoms with E-state index < -0.39 is 10.0 Å². The van der Waals surface area contributed by atoms with E-state index in [9.17, 15) is 13.2 Å². The number of methoxy groups -OCH3 is 1. The normalized spacial score (nSPS) is 11.9. The number of aromatic amines is 1. The minimum absolute atomic E-state index is 0.0271. The third-order valence-electron chi connectivity index (χ3n) is 4.40. The zero-order valence-corrected chi connectivity index (χ0v) is 15.2. The molecule has 0 fully saturated rings. The van der Waals surface area contributed by atoms with Crippen LogP contribution in [0, 0.1) is 0 Å². The van der Waals surface area contributed by atoms with Gasteiger partial charge in [-0.1, -0.05) is 12.1 Å². The molecule has 0 aliphatic heterocycles. The topological polar surface area (TPSA) is 120 Å². The van der Waals surface area contributed by atoms with E-state index in [0.29, 0.717) is 16.8 Å². The van der Waals surface area contributed by atoms with Gasteiger partial charge < -0.3 is 9.72 Å². The Kier molecular flexibility index (Phi) is 3.97. The number of benzene rings is 2. The zero-order valence-electron chi connectivity index (χ0n) is 14.3. The van der Waals surface area contributed by atoms with Gasteiger partial charge in [0.2, 0.25) is 10.0 Å². The number of rotatable bonds is 4. The van der Waals surface area contributed by atoms with Crippen molar-refractivity contribution in [1.82, 2.24) is 14.5 Å². The minimum Gasteiger partial charge on any atom is -0.497 e. The molecule has 0 bridgehead atoms. The van der Waals surface area contributed by atoms with Crippen molar-refractivity contribution in [1.29, 1.82) is 0 Å². The number of nitrogens with two attached hydrogens (primary N) is 1. The van der Waals surface area contributed by atoms with Gasteiger partial charge in [-0.3, -0.25) is 9.55 Å². The monoisotopic (exact) mass is 384 g/mol. The molecule has 0 saturated heterocycles. The summed E-state index contributed by atoms with van der Waals surface area (Å²) < 4.78 is 29.6. The van der Waals surface area contributed by atoms with Gasteiger partial charge in [0.05, 0.1) is 41.3 Å². The standard InChI is InChI=1S/C18H16N4O4S/c1-26-12-4-7-14-15(8-12)20-9-16-17(14)22(18(23)21-16)10-11-2-5-13(6-3-11)27(19,24)25/h2-9H,10H2,1H3,(H,21,23)(H2,19,24,25). The number of hydrogen-bond acceptors (Lipinski definition) is 5. The van der Waals surface area contributed by atoms with Crippen molar-refractivity contribution in [3.05, 3.63) is 64.7 Å². The number of sulfonamides is 1. The highest BCUT2D eigenvalue weighted by atomic mass is 32.2.